The molecule has 1 rings (SSSR count). The Morgan fingerprint density at radius 2 is 2.17 bits per heavy atom. The van der Waals surface area contributed by atoms with Gasteiger partial charge in [0, 0.05) is 25.4 Å². The van der Waals surface area contributed by atoms with Gasteiger partial charge in [0.1, 0.15) is 6.10 Å². The van der Waals surface area contributed by atoms with E-state index in [1.165, 1.54) is 0 Å². The third-order valence-corrected chi connectivity index (χ3v) is 2.97. The topological polar surface area (TPSA) is 39.2 Å². The van der Waals surface area contributed by atoms with Crippen LogP contribution in [0.2, 0.25) is 5.02 Å². The molecule has 0 saturated heterocycles. The van der Waals surface area contributed by atoms with Crippen molar-refractivity contribution in [2.45, 2.75) is 40.2 Å². The van der Waals surface area contributed by atoms with Gasteiger partial charge in [-0.25, -0.2) is 0 Å². The molecule has 1 atom stereocenters. The molecule has 0 aliphatic carbocycles. The van der Waals surface area contributed by atoms with Gasteiger partial charge < -0.3 is 4.74 Å². The van der Waals surface area contributed by atoms with Gasteiger partial charge in [0.15, 0.2) is 5.78 Å². The quantitative estimate of drug-likeness (QED) is 0.823. The molecule has 0 aromatic carbocycles. The Bertz CT molecular complexity index is 413. The van der Waals surface area contributed by atoms with E-state index in [-0.39, 0.29) is 17.6 Å². The van der Waals surface area contributed by atoms with Crippen LogP contribution >= 0.6 is 11.6 Å². The third kappa shape index (κ3) is 4.07. The summed E-state index contributed by atoms with van der Waals surface area (Å²) in [7, 11) is 0. The van der Waals surface area contributed by atoms with E-state index in [9.17, 15) is 4.79 Å². The number of carbonyl (C=O) groups excluding carboxylic acids is 1. The number of ketones is 1. The van der Waals surface area contributed by atoms with Crippen LogP contribution in [0.1, 0.15) is 33.3 Å². The Morgan fingerprint density at radius 1 is 1.50 bits per heavy atom. The minimum absolute atomic E-state index is 0.0532. The second kappa shape index (κ2) is 6.30. The van der Waals surface area contributed by atoms with Crippen molar-refractivity contribution < 1.29 is 9.53 Å². The molecule has 3 nitrogen and oxygen atoms in total. The first-order chi connectivity index (χ1) is 8.36. The zero-order valence-electron chi connectivity index (χ0n) is 11.4. The molecule has 0 fully saturated rings. The maximum Gasteiger partial charge on any atom is 0.166 e. The molecule has 1 unspecified atom stereocenters. The molecule has 4 heteroatoms. The van der Waals surface area contributed by atoms with Crippen molar-refractivity contribution in [3.05, 3.63) is 29.0 Å². The average molecular weight is 270 g/mol. The predicted molar refractivity (Wildman–Crippen MR) is 72.8 cm³/mol. The lowest BCUT2D eigenvalue weighted by molar-refractivity contribution is -0.136. The summed E-state index contributed by atoms with van der Waals surface area (Å²) in [6.07, 6.45) is 3.06. The summed E-state index contributed by atoms with van der Waals surface area (Å²) in [6.45, 7) is 8.42. The molecular formula is C14H20ClNO2. The monoisotopic (exact) mass is 269 g/mol. The molecule has 0 amide bonds. The smallest absolute Gasteiger partial charge is 0.166 e. The van der Waals surface area contributed by atoms with Gasteiger partial charge in [-0.1, -0.05) is 32.4 Å². The van der Waals surface area contributed by atoms with Gasteiger partial charge in [-0.3, -0.25) is 9.78 Å². The van der Waals surface area contributed by atoms with Crippen LogP contribution in [-0.2, 0) is 16.0 Å². The van der Waals surface area contributed by atoms with Crippen molar-refractivity contribution >= 4 is 17.4 Å². The van der Waals surface area contributed by atoms with Gasteiger partial charge in [-0.05, 0) is 24.0 Å². The van der Waals surface area contributed by atoms with Gasteiger partial charge >= 0.3 is 0 Å². The zero-order chi connectivity index (χ0) is 13.8. The van der Waals surface area contributed by atoms with Crippen molar-refractivity contribution in [1.82, 2.24) is 4.98 Å². The highest BCUT2D eigenvalue weighted by Crippen LogP contribution is 2.25. The molecule has 0 spiro atoms. The van der Waals surface area contributed by atoms with E-state index >= 15 is 0 Å². The molecule has 0 radical (unpaired) electrons. The first-order valence-electron chi connectivity index (χ1n) is 6.09. The second-order valence-electron chi connectivity index (χ2n) is 5.31. The molecule has 0 aliphatic heterocycles. The number of rotatable bonds is 5. The maximum absolute atomic E-state index is 12.3. The zero-order valence-corrected chi connectivity index (χ0v) is 12.1. The van der Waals surface area contributed by atoms with E-state index in [0.29, 0.717) is 11.6 Å². The lowest BCUT2D eigenvalue weighted by atomic mass is 9.84. The van der Waals surface area contributed by atoms with Gasteiger partial charge in [-0.15, -0.1) is 0 Å². The summed E-state index contributed by atoms with van der Waals surface area (Å²) in [4.78, 5) is 16.2. The Morgan fingerprint density at radius 3 is 2.67 bits per heavy atom. The number of halogens is 1. The predicted octanol–water partition coefficient (Wildman–Crippen LogP) is 3.30. The van der Waals surface area contributed by atoms with E-state index in [2.05, 4.69) is 4.98 Å². The molecule has 1 aromatic heterocycles. The number of hydrogen-bond donors (Lipinski definition) is 0. The summed E-state index contributed by atoms with van der Waals surface area (Å²) in [5, 5.41) is 0.523. The van der Waals surface area contributed by atoms with E-state index in [4.69, 9.17) is 16.3 Å². The summed E-state index contributed by atoms with van der Waals surface area (Å²) in [5.74, 6) is 0.0532. The summed E-state index contributed by atoms with van der Waals surface area (Å²) < 4.78 is 5.57. The molecular weight excluding hydrogens is 250 g/mol. The van der Waals surface area contributed by atoms with Crippen molar-refractivity contribution in [1.29, 1.82) is 0 Å². The minimum atomic E-state index is -0.410. The molecule has 100 valence electrons. The fourth-order valence-corrected chi connectivity index (χ4v) is 2.01. The van der Waals surface area contributed by atoms with E-state index in [1.807, 2.05) is 27.7 Å². The van der Waals surface area contributed by atoms with Crippen LogP contribution in [0, 0.1) is 5.41 Å². The fraction of sp³-hybridized carbons (Fsp3) is 0.571. The lowest BCUT2D eigenvalue weighted by Crippen LogP contribution is -2.38. The van der Waals surface area contributed by atoms with Crippen LogP contribution in [0.25, 0.3) is 0 Å². The number of carbonyl (C=O) groups is 1. The van der Waals surface area contributed by atoms with Gasteiger partial charge in [0.25, 0.3) is 0 Å². The highest BCUT2D eigenvalue weighted by atomic mass is 35.5. The van der Waals surface area contributed by atoms with Crippen LogP contribution in [0.15, 0.2) is 18.5 Å². The third-order valence-electron chi connectivity index (χ3n) is 2.63. The van der Waals surface area contributed by atoms with Crippen LogP contribution in [0.5, 0.6) is 0 Å². The molecule has 18 heavy (non-hydrogen) atoms. The molecule has 0 bridgehead atoms. The molecule has 0 N–H and O–H groups in total. The van der Waals surface area contributed by atoms with Gasteiger partial charge in [0.05, 0.1) is 5.02 Å². The first-order valence-corrected chi connectivity index (χ1v) is 6.46. The standard InChI is InChI=1S/C14H20ClNO2/c1-5-18-13(14(2,3)4)12(17)8-10-6-7-16-9-11(10)15/h6-7,9,13H,5,8H2,1-4H3. The van der Waals surface area contributed by atoms with E-state index < -0.39 is 6.10 Å². The molecule has 0 aliphatic rings. The average Bonchev–Trinajstić information content (AvgIpc) is 2.27. The largest absolute Gasteiger partial charge is 0.370 e. The minimum Gasteiger partial charge on any atom is -0.370 e. The number of Topliss-reactive ketones (excluding diaryl/α,β-unsaturated/α-hetero) is 1. The van der Waals surface area contributed by atoms with Crippen LogP contribution < -0.4 is 0 Å². The Kier molecular flexibility index (Phi) is 5.29. The van der Waals surface area contributed by atoms with Crippen molar-refractivity contribution in [2.75, 3.05) is 6.61 Å². The highest BCUT2D eigenvalue weighted by Gasteiger charge is 2.31. The summed E-state index contributed by atoms with van der Waals surface area (Å²) >= 11 is 6.01. The Labute approximate surface area is 114 Å². The summed E-state index contributed by atoms with van der Waals surface area (Å²) in [6, 6.07) is 1.77. The summed E-state index contributed by atoms with van der Waals surface area (Å²) in [5.41, 5.74) is 0.581. The molecule has 0 saturated carbocycles. The molecule has 1 aromatic rings. The van der Waals surface area contributed by atoms with Crippen LogP contribution in [-0.4, -0.2) is 23.5 Å². The number of hydrogen-bond acceptors (Lipinski definition) is 3. The maximum atomic E-state index is 12.3. The number of pyridine rings is 1. The van der Waals surface area contributed by atoms with Crippen molar-refractivity contribution in [3.63, 3.8) is 0 Å². The van der Waals surface area contributed by atoms with Crippen LogP contribution in [0.4, 0.5) is 0 Å². The van der Waals surface area contributed by atoms with Crippen molar-refractivity contribution in [2.24, 2.45) is 5.41 Å². The normalized spacial score (nSPS) is 13.4. The number of aromatic nitrogens is 1. The Hall–Kier alpha value is -0.930. The fourth-order valence-electron chi connectivity index (χ4n) is 1.82. The first kappa shape index (κ1) is 15.1. The van der Waals surface area contributed by atoms with Crippen molar-refractivity contribution in [3.8, 4) is 0 Å². The van der Waals surface area contributed by atoms with Gasteiger partial charge in [0.2, 0.25) is 0 Å². The second-order valence-corrected chi connectivity index (χ2v) is 5.72. The molecule has 1 heterocycles. The van der Waals surface area contributed by atoms with Gasteiger partial charge in [-0.2, -0.15) is 0 Å². The SMILES string of the molecule is CCOC(C(=O)Cc1ccncc1Cl)C(C)(C)C. The Balaban J connectivity index is 2.83. The number of ether oxygens (including phenoxy) is 1. The lowest BCUT2D eigenvalue weighted by Gasteiger charge is -2.29. The van der Waals surface area contributed by atoms with E-state index in [1.54, 1.807) is 18.5 Å². The van der Waals surface area contributed by atoms with E-state index in [0.717, 1.165) is 5.56 Å². The van der Waals surface area contributed by atoms with Crippen LogP contribution in [0.3, 0.4) is 0 Å². The highest BCUT2D eigenvalue weighted by molar-refractivity contribution is 6.31. The number of nitrogens with zero attached hydrogens (tertiary/aromatic N) is 1.